The number of likely N-dealkylation sites (tertiary alicyclic amines) is 1. The van der Waals surface area contributed by atoms with Crippen LogP contribution in [0.3, 0.4) is 0 Å². The second-order valence-electron chi connectivity index (χ2n) is 11.1. The molecule has 1 heterocycles. The number of amides is 1. The van der Waals surface area contributed by atoms with E-state index in [1.165, 1.54) is 89.2 Å². The van der Waals surface area contributed by atoms with Gasteiger partial charge < -0.3 is 5.32 Å². The molecule has 3 atom stereocenters. The molecule has 31 heavy (non-hydrogen) atoms. The molecule has 3 heteroatoms. The van der Waals surface area contributed by atoms with Crippen LogP contribution in [0.4, 0.5) is 0 Å². The number of nitrogens with zero attached hydrogens (tertiary/aromatic N) is 1. The van der Waals surface area contributed by atoms with Crippen molar-refractivity contribution in [1.82, 2.24) is 10.2 Å². The average Bonchev–Trinajstić information content (AvgIpc) is 3.37. The normalized spacial score (nSPS) is 30.5. The summed E-state index contributed by atoms with van der Waals surface area (Å²) in [5.74, 6) is 3.45. The van der Waals surface area contributed by atoms with Crippen molar-refractivity contribution >= 4 is 5.91 Å². The van der Waals surface area contributed by atoms with Gasteiger partial charge in [-0.25, -0.2) is 0 Å². The van der Waals surface area contributed by atoms with E-state index in [0.717, 1.165) is 19.0 Å². The highest BCUT2D eigenvalue weighted by Crippen LogP contribution is 2.42. The van der Waals surface area contributed by atoms with E-state index in [4.69, 9.17) is 0 Å². The van der Waals surface area contributed by atoms with E-state index in [2.05, 4.69) is 40.5 Å². The molecule has 3 nitrogen and oxygen atoms in total. The summed E-state index contributed by atoms with van der Waals surface area (Å²) in [6.07, 6.45) is 15.7. The molecule has 4 aliphatic rings. The van der Waals surface area contributed by atoms with Crippen molar-refractivity contribution in [2.24, 2.45) is 29.6 Å². The van der Waals surface area contributed by atoms with E-state index < -0.39 is 0 Å². The van der Waals surface area contributed by atoms with Gasteiger partial charge >= 0.3 is 0 Å². The second-order valence-corrected chi connectivity index (χ2v) is 11.1. The fourth-order valence-corrected chi connectivity index (χ4v) is 7.59. The molecule has 4 fully saturated rings. The molecule has 3 saturated carbocycles. The summed E-state index contributed by atoms with van der Waals surface area (Å²) in [7, 11) is 0. The van der Waals surface area contributed by atoms with Gasteiger partial charge in [-0.1, -0.05) is 68.9 Å². The summed E-state index contributed by atoms with van der Waals surface area (Å²) in [6, 6.07) is 11.3. The molecule has 170 valence electrons. The van der Waals surface area contributed by atoms with E-state index in [1.807, 2.05) is 0 Å². The molecule has 3 unspecified atom stereocenters. The zero-order chi connectivity index (χ0) is 21.0. The zero-order valence-corrected chi connectivity index (χ0v) is 19.3. The first-order valence-electron chi connectivity index (χ1n) is 13.3. The van der Waals surface area contributed by atoms with Crippen molar-refractivity contribution in [3.63, 3.8) is 0 Å². The fourth-order valence-electron chi connectivity index (χ4n) is 7.59. The molecule has 5 rings (SSSR count). The van der Waals surface area contributed by atoms with Crippen LogP contribution < -0.4 is 5.32 Å². The SMILES string of the molecule is O=C(NC1CCC2CN(Cc3ccccc3)CC21)C(C1CCCCC1)C1CCCCC1. The van der Waals surface area contributed by atoms with Crippen LogP contribution in [0.25, 0.3) is 0 Å². The Morgan fingerprint density at radius 3 is 2.13 bits per heavy atom. The maximum atomic E-state index is 13.7. The van der Waals surface area contributed by atoms with Gasteiger partial charge in [-0.15, -0.1) is 0 Å². The van der Waals surface area contributed by atoms with Crippen LogP contribution >= 0.6 is 0 Å². The number of carbonyl (C=O) groups excluding carboxylic acids is 1. The first-order chi connectivity index (χ1) is 15.3. The van der Waals surface area contributed by atoms with Gasteiger partial charge in [-0.3, -0.25) is 9.69 Å². The maximum absolute atomic E-state index is 13.7. The fraction of sp³-hybridized carbons (Fsp3) is 0.750. The minimum Gasteiger partial charge on any atom is -0.353 e. The summed E-state index contributed by atoms with van der Waals surface area (Å²) in [4.78, 5) is 16.4. The van der Waals surface area contributed by atoms with Crippen LogP contribution in [-0.4, -0.2) is 29.9 Å². The standard InChI is InChI=1S/C28H42N2O/c31-28(27(22-12-6-2-7-13-22)23-14-8-3-9-15-23)29-26-17-16-24-19-30(20-25(24)26)18-21-10-4-1-5-11-21/h1,4-5,10-11,22-27H,2-3,6-9,12-20H2,(H,29,31). The molecule has 0 radical (unpaired) electrons. The first kappa shape index (κ1) is 21.5. The Bertz CT molecular complexity index is 689. The molecule has 1 N–H and O–H groups in total. The second kappa shape index (κ2) is 10.1. The largest absolute Gasteiger partial charge is 0.353 e. The quantitative estimate of drug-likeness (QED) is 0.629. The van der Waals surface area contributed by atoms with Crippen molar-refractivity contribution in [3.05, 3.63) is 35.9 Å². The molecule has 0 bridgehead atoms. The van der Waals surface area contributed by atoms with Gasteiger partial charge in [-0.05, 0) is 67.8 Å². The number of fused-ring (bicyclic) bond motifs is 1. The van der Waals surface area contributed by atoms with Gasteiger partial charge in [0.1, 0.15) is 0 Å². The monoisotopic (exact) mass is 422 g/mol. The predicted octanol–water partition coefficient (Wildman–Crippen LogP) is 5.79. The van der Waals surface area contributed by atoms with Gasteiger partial charge in [-0.2, -0.15) is 0 Å². The average molecular weight is 423 g/mol. The highest BCUT2D eigenvalue weighted by molar-refractivity contribution is 5.79. The van der Waals surface area contributed by atoms with E-state index in [1.54, 1.807) is 0 Å². The molecule has 3 aliphatic carbocycles. The van der Waals surface area contributed by atoms with Crippen LogP contribution in [-0.2, 0) is 11.3 Å². The summed E-state index contributed by atoms with van der Waals surface area (Å²) in [5, 5.41) is 3.66. The van der Waals surface area contributed by atoms with Crippen molar-refractivity contribution in [3.8, 4) is 0 Å². The molecule has 1 aromatic rings. The number of hydrogen-bond acceptors (Lipinski definition) is 2. The Kier molecular flexibility index (Phi) is 6.98. The summed E-state index contributed by atoms with van der Waals surface area (Å²) >= 11 is 0. The molecular weight excluding hydrogens is 380 g/mol. The van der Waals surface area contributed by atoms with Crippen LogP contribution in [0.1, 0.15) is 82.6 Å². The van der Waals surface area contributed by atoms with Crippen LogP contribution in [0, 0.1) is 29.6 Å². The van der Waals surface area contributed by atoms with Crippen LogP contribution in [0.5, 0.6) is 0 Å². The van der Waals surface area contributed by atoms with Crippen LogP contribution in [0.15, 0.2) is 30.3 Å². The van der Waals surface area contributed by atoms with Gasteiger partial charge in [0, 0.05) is 31.6 Å². The van der Waals surface area contributed by atoms with Crippen molar-refractivity contribution in [1.29, 1.82) is 0 Å². The summed E-state index contributed by atoms with van der Waals surface area (Å²) in [6.45, 7) is 3.42. The zero-order valence-electron chi connectivity index (χ0n) is 19.3. The van der Waals surface area contributed by atoms with E-state index in [0.29, 0.717) is 35.6 Å². The van der Waals surface area contributed by atoms with Gasteiger partial charge in [0.05, 0.1) is 0 Å². The molecule has 1 saturated heterocycles. The highest BCUT2D eigenvalue weighted by atomic mass is 16.2. The summed E-state index contributed by atoms with van der Waals surface area (Å²) in [5.41, 5.74) is 1.41. The lowest BCUT2D eigenvalue weighted by Gasteiger charge is -2.37. The number of benzene rings is 1. The third-order valence-electron chi connectivity index (χ3n) is 9.13. The van der Waals surface area contributed by atoms with Crippen molar-refractivity contribution < 1.29 is 4.79 Å². The molecular formula is C28H42N2O. The number of carbonyl (C=O) groups is 1. The van der Waals surface area contributed by atoms with Gasteiger partial charge in [0.2, 0.25) is 5.91 Å². The number of nitrogens with one attached hydrogen (secondary N) is 1. The molecule has 0 aromatic heterocycles. The minimum atomic E-state index is 0.293. The Hall–Kier alpha value is -1.35. The Morgan fingerprint density at radius 2 is 1.48 bits per heavy atom. The van der Waals surface area contributed by atoms with Gasteiger partial charge in [0.25, 0.3) is 0 Å². The molecule has 0 spiro atoms. The minimum absolute atomic E-state index is 0.293. The Morgan fingerprint density at radius 1 is 0.839 bits per heavy atom. The van der Waals surface area contributed by atoms with E-state index in [9.17, 15) is 4.79 Å². The van der Waals surface area contributed by atoms with Crippen molar-refractivity contribution in [2.75, 3.05) is 13.1 Å². The molecule has 1 amide bonds. The van der Waals surface area contributed by atoms with Gasteiger partial charge in [0.15, 0.2) is 0 Å². The van der Waals surface area contributed by atoms with Crippen LogP contribution in [0.2, 0.25) is 0 Å². The third kappa shape index (κ3) is 5.02. The number of rotatable bonds is 6. The lowest BCUT2D eigenvalue weighted by atomic mass is 9.69. The highest BCUT2D eigenvalue weighted by Gasteiger charge is 2.44. The first-order valence-corrected chi connectivity index (χ1v) is 13.3. The lowest BCUT2D eigenvalue weighted by Crippen LogP contribution is -2.47. The predicted molar refractivity (Wildman–Crippen MR) is 127 cm³/mol. The topological polar surface area (TPSA) is 32.3 Å². The lowest BCUT2D eigenvalue weighted by molar-refractivity contribution is -0.131. The number of hydrogen-bond donors (Lipinski definition) is 1. The Balaban J connectivity index is 1.22. The van der Waals surface area contributed by atoms with E-state index >= 15 is 0 Å². The maximum Gasteiger partial charge on any atom is 0.223 e. The molecule has 1 aliphatic heterocycles. The third-order valence-corrected chi connectivity index (χ3v) is 9.13. The van der Waals surface area contributed by atoms with Crippen molar-refractivity contribution in [2.45, 2.75) is 89.6 Å². The molecule has 1 aromatic carbocycles. The smallest absolute Gasteiger partial charge is 0.223 e. The Labute approximate surface area is 189 Å². The van der Waals surface area contributed by atoms with E-state index in [-0.39, 0.29) is 0 Å². The summed E-state index contributed by atoms with van der Waals surface area (Å²) < 4.78 is 0.